The average molecular weight is 180 g/mol. The van der Waals surface area contributed by atoms with Gasteiger partial charge in [-0.3, -0.25) is 0 Å². The summed E-state index contributed by atoms with van der Waals surface area (Å²) in [7, 11) is -1.07. The Balaban J connectivity index is 3.43. The number of aliphatic hydroxyl groups excluding tert-OH is 2. The second kappa shape index (κ2) is 5.93. The second-order valence-corrected chi connectivity index (χ2v) is 9.15. The van der Waals surface area contributed by atoms with Crippen LogP contribution < -0.4 is 0 Å². The monoisotopic (exact) mass is 180 g/mol. The molecule has 0 saturated heterocycles. The predicted octanol–water partition coefficient (Wildman–Crippen LogP) is 0.761. The van der Waals surface area contributed by atoms with E-state index < -0.39 is 7.26 Å². The summed E-state index contributed by atoms with van der Waals surface area (Å²) in [4.78, 5) is 0. The first-order valence-corrected chi connectivity index (χ1v) is 7.75. The van der Waals surface area contributed by atoms with Gasteiger partial charge in [-0.05, 0) is 0 Å². The third-order valence-corrected chi connectivity index (χ3v) is 5.44. The fourth-order valence-corrected chi connectivity index (χ4v) is 3.72. The summed E-state index contributed by atoms with van der Waals surface area (Å²) in [5, 5.41) is 17.3. The molecular weight excluding hydrogens is 159 g/mol. The molecule has 0 aliphatic heterocycles. The molecule has 0 bridgehead atoms. The minimum absolute atomic E-state index is 0.315. The number of rotatable bonds is 6. The SMILES string of the molecule is C[PH](C)(CCCO)CCCO. The van der Waals surface area contributed by atoms with Crippen molar-refractivity contribution in [2.75, 3.05) is 38.9 Å². The van der Waals surface area contributed by atoms with Crippen LogP contribution in [0, 0.1) is 0 Å². The van der Waals surface area contributed by atoms with Crippen LogP contribution in [-0.2, 0) is 0 Å². The minimum atomic E-state index is -1.07. The van der Waals surface area contributed by atoms with Gasteiger partial charge in [-0.25, -0.2) is 0 Å². The Hall–Kier alpha value is 0.350. The molecule has 0 aliphatic carbocycles. The Morgan fingerprint density at radius 3 is 1.55 bits per heavy atom. The topological polar surface area (TPSA) is 40.5 Å². The fraction of sp³-hybridized carbons (Fsp3) is 1.00. The van der Waals surface area contributed by atoms with E-state index in [-0.39, 0.29) is 0 Å². The van der Waals surface area contributed by atoms with Crippen LogP contribution in [0.1, 0.15) is 12.8 Å². The number of hydrogen-bond acceptors (Lipinski definition) is 2. The van der Waals surface area contributed by atoms with Gasteiger partial charge in [0.15, 0.2) is 0 Å². The molecule has 0 spiro atoms. The standard InChI is InChI=1S/C8H21O2P/c1-11(2,7-3-5-9)8-4-6-10/h9-11H,3-8H2,1-2H3. The third-order valence-electron chi connectivity index (χ3n) is 2.02. The molecule has 0 aromatic rings. The Labute approximate surface area is 70.0 Å². The van der Waals surface area contributed by atoms with E-state index in [4.69, 9.17) is 10.2 Å². The quantitative estimate of drug-likeness (QED) is 0.592. The van der Waals surface area contributed by atoms with Gasteiger partial charge in [0, 0.05) is 0 Å². The van der Waals surface area contributed by atoms with Crippen LogP contribution in [-0.4, -0.2) is 49.1 Å². The zero-order chi connectivity index (χ0) is 8.74. The van der Waals surface area contributed by atoms with Crippen LogP contribution in [0.25, 0.3) is 0 Å². The van der Waals surface area contributed by atoms with E-state index in [0.29, 0.717) is 13.2 Å². The Morgan fingerprint density at radius 1 is 0.909 bits per heavy atom. The maximum absolute atomic E-state index is 8.63. The van der Waals surface area contributed by atoms with Crippen LogP contribution in [0.15, 0.2) is 0 Å². The van der Waals surface area contributed by atoms with Crippen LogP contribution in [0.4, 0.5) is 0 Å². The molecule has 0 unspecified atom stereocenters. The molecule has 0 atom stereocenters. The predicted molar refractivity (Wildman–Crippen MR) is 53.3 cm³/mol. The van der Waals surface area contributed by atoms with E-state index in [1.54, 1.807) is 0 Å². The summed E-state index contributed by atoms with van der Waals surface area (Å²) in [6, 6.07) is 0. The summed E-state index contributed by atoms with van der Waals surface area (Å²) in [5.41, 5.74) is 0. The molecule has 0 heterocycles. The Bertz CT molecular complexity index is 84.1. The van der Waals surface area contributed by atoms with Gasteiger partial charge in [0.1, 0.15) is 0 Å². The van der Waals surface area contributed by atoms with Gasteiger partial charge in [-0.1, -0.05) is 0 Å². The van der Waals surface area contributed by atoms with E-state index in [9.17, 15) is 0 Å². The first-order valence-electron chi connectivity index (χ1n) is 4.34. The van der Waals surface area contributed by atoms with Gasteiger partial charge < -0.3 is 0 Å². The van der Waals surface area contributed by atoms with Gasteiger partial charge in [0.05, 0.1) is 0 Å². The van der Waals surface area contributed by atoms with Gasteiger partial charge in [0.2, 0.25) is 0 Å². The Morgan fingerprint density at radius 2 is 1.27 bits per heavy atom. The van der Waals surface area contributed by atoms with Crippen molar-refractivity contribution in [1.82, 2.24) is 0 Å². The molecule has 2 nitrogen and oxygen atoms in total. The second-order valence-electron chi connectivity index (χ2n) is 3.82. The summed E-state index contributed by atoms with van der Waals surface area (Å²) in [6.45, 7) is 5.27. The van der Waals surface area contributed by atoms with E-state index >= 15 is 0 Å². The van der Waals surface area contributed by atoms with Crippen molar-refractivity contribution in [3.8, 4) is 0 Å². The zero-order valence-electron chi connectivity index (χ0n) is 7.64. The molecule has 0 rings (SSSR count). The van der Waals surface area contributed by atoms with Crippen molar-refractivity contribution in [3.05, 3.63) is 0 Å². The first kappa shape index (κ1) is 11.4. The first-order chi connectivity index (χ1) is 5.12. The average Bonchev–Trinajstić information content (AvgIpc) is 1.97. The summed E-state index contributed by atoms with van der Waals surface area (Å²) in [6.07, 6.45) is 4.24. The molecule has 70 valence electrons. The van der Waals surface area contributed by atoms with Crippen molar-refractivity contribution < 1.29 is 10.2 Å². The van der Waals surface area contributed by atoms with Gasteiger partial charge in [-0.2, -0.15) is 0 Å². The van der Waals surface area contributed by atoms with Crippen molar-refractivity contribution >= 4 is 7.26 Å². The molecule has 2 N–H and O–H groups in total. The van der Waals surface area contributed by atoms with E-state index in [1.807, 2.05) is 0 Å². The normalized spacial score (nSPS) is 13.5. The molecule has 3 heteroatoms. The molecule has 11 heavy (non-hydrogen) atoms. The molecule has 0 fully saturated rings. The molecular formula is C8H21O2P. The van der Waals surface area contributed by atoms with Gasteiger partial charge >= 0.3 is 69.2 Å². The molecule has 0 radical (unpaired) electrons. The molecule has 0 aliphatic rings. The van der Waals surface area contributed by atoms with E-state index in [2.05, 4.69) is 13.3 Å². The van der Waals surface area contributed by atoms with Crippen LogP contribution in [0.2, 0.25) is 0 Å². The van der Waals surface area contributed by atoms with Crippen molar-refractivity contribution in [2.45, 2.75) is 12.8 Å². The Kier molecular flexibility index (Phi) is 6.12. The molecule has 0 aromatic heterocycles. The van der Waals surface area contributed by atoms with E-state index in [0.717, 1.165) is 12.8 Å². The van der Waals surface area contributed by atoms with Gasteiger partial charge in [0.25, 0.3) is 0 Å². The molecule has 0 aromatic carbocycles. The maximum atomic E-state index is 8.63. The van der Waals surface area contributed by atoms with Crippen LogP contribution in [0.5, 0.6) is 0 Å². The third kappa shape index (κ3) is 6.74. The van der Waals surface area contributed by atoms with Crippen molar-refractivity contribution in [2.24, 2.45) is 0 Å². The van der Waals surface area contributed by atoms with Gasteiger partial charge in [-0.15, -0.1) is 0 Å². The zero-order valence-corrected chi connectivity index (χ0v) is 8.64. The van der Waals surface area contributed by atoms with Crippen LogP contribution >= 0.6 is 7.26 Å². The fourth-order valence-electron chi connectivity index (χ4n) is 1.24. The summed E-state index contributed by atoms with van der Waals surface area (Å²) in [5.74, 6) is 0. The molecule has 0 amide bonds. The van der Waals surface area contributed by atoms with Crippen molar-refractivity contribution in [1.29, 1.82) is 0 Å². The summed E-state index contributed by atoms with van der Waals surface area (Å²) < 4.78 is 0. The molecule has 0 saturated carbocycles. The van der Waals surface area contributed by atoms with Crippen LogP contribution in [0.3, 0.4) is 0 Å². The number of hydrogen-bond donors (Lipinski definition) is 2. The summed E-state index contributed by atoms with van der Waals surface area (Å²) >= 11 is 0. The number of aliphatic hydroxyl groups is 2. The van der Waals surface area contributed by atoms with E-state index in [1.165, 1.54) is 12.3 Å². The van der Waals surface area contributed by atoms with Crippen molar-refractivity contribution in [3.63, 3.8) is 0 Å².